The summed E-state index contributed by atoms with van der Waals surface area (Å²) in [6.45, 7) is 0. The Balaban J connectivity index is 1.87. The molecule has 0 bridgehead atoms. The van der Waals surface area contributed by atoms with Gasteiger partial charge in [0, 0.05) is 16.7 Å². The van der Waals surface area contributed by atoms with Crippen LogP contribution in [0, 0.1) is 10.1 Å². The van der Waals surface area contributed by atoms with Crippen LogP contribution in [0.25, 0.3) is 0 Å². The molecule has 0 saturated carbocycles. The number of nitrogens with zero attached hydrogens (tertiary/aromatic N) is 1. The minimum absolute atomic E-state index is 0.00836. The van der Waals surface area contributed by atoms with Crippen LogP contribution in [-0.4, -0.2) is 17.9 Å². The Morgan fingerprint density at radius 2 is 1.72 bits per heavy atom. The number of nitro groups is 1. The van der Waals surface area contributed by atoms with E-state index in [4.69, 9.17) is 32.7 Å². The van der Waals surface area contributed by atoms with Gasteiger partial charge in [-0.1, -0.05) is 35.3 Å². The lowest BCUT2D eigenvalue weighted by atomic mass is 10.1. The first-order chi connectivity index (χ1) is 13.9. The maximum absolute atomic E-state index is 12.5. The Hall–Kier alpha value is -3.29. The zero-order valence-electron chi connectivity index (χ0n) is 15.0. The van der Waals surface area contributed by atoms with E-state index in [0.717, 1.165) is 0 Å². The van der Waals surface area contributed by atoms with Crippen molar-refractivity contribution in [1.82, 2.24) is 0 Å². The topological polar surface area (TPSA) is 90.7 Å². The molecule has 0 atom stereocenters. The molecule has 0 aliphatic heterocycles. The molecule has 0 fully saturated rings. The molecule has 3 rings (SSSR count). The predicted octanol–water partition coefficient (Wildman–Crippen LogP) is 5.95. The van der Waals surface area contributed by atoms with Crippen molar-refractivity contribution in [2.75, 3.05) is 12.4 Å². The molecule has 9 heteroatoms. The maximum atomic E-state index is 12.5. The van der Waals surface area contributed by atoms with Crippen LogP contribution in [0.5, 0.6) is 17.2 Å². The minimum atomic E-state index is -0.598. The second-order valence-corrected chi connectivity index (χ2v) is 6.61. The molecule has 0 spiro atoms. The lowest BCUT2D eigenvalue weighted by Gasteiger charge is -2.13. The van der Waals surface area contributed by atoms with Crippen LogP contribution < -0.4 is 14.8 Å². The van der Waals surface area contributed by atoms with Gasteiger partial charge in [0.1, 0.15) is 0 Å². The van der Waals surface area contributed by atoms with E-state index in [-0.39, 0.29) is 28.0 Å². The highest BCUT2D eigenvalue weighted by Gasteiger charge is 2.19. The Morgan fingerprint density at radius 3 is 2.41 bits per heavy atom. The molecule has 0 aromatic heterocycles. The third-order valence-electron chi connectivity index (χ3n) is 3.89. The SMILES string of the molecule is COc1cc(C(=O)Nc2ccccc2Cl)ccc1Oc1ccc(Cl)cc1[N+](=O)[O-]. The van der Waals surface area contributed by atoms with Gasteiger partial charge in [0.15, 0.2) is 11.5 Å². The first kappa shape index (κ1) is 20.4. The number of benzene rings is 3. The average molecular weight is 433 g/mol. The van der Waals surface area contributed by atoms with E-state index in [9.17, 15) is 14.9 Å². The van der Waals surface area contributed by atoms with Gasteiger partial charge in [-0.15, -0.1) is 0 Å². The number of amides is 1. The molecule has 0 saturated heterocycles. The number of halogens is 2. The van der Waals surface area contributed by atoms with Crippen molar-refractivity contribution >= 4 is 40.5 Å². The fourth-order valence-electron chi connectivity index (χ4n) is 2.49. The molecule has 3 aromatic carbocycles. The van der Waals surface area contributed by atoms with Crippen LogP contribution in [0.4, 0.5) is 11.4 Å². The zero-order chi connectivity index (χ0) is 21.0. The van der Waals surface area contributed by atoms with Crippen molar-refractivity contribution in [3.63, 3.8) is 0 Å². The molecule has 1 amide bonds. The van der Waals surface area contributed by atoms with Gasteiger partial charge in [0.05, 0.1) is 22.7 Å². The molecule has 7 nitrogen and oxygen atoms in total. The number of carbonyl (C=O) groups is 1. The lowest BCUT2D eigenvalue weighted by molar-refractivity contribution is -0.385. The Bertz CT molecular complexity index is 1090. The molecule has 0 heterocycles. The van der Waals surface area contributed by atoms with E-state index < -0.39 is 10.8 Å². The van der Waals surface area contributed by atoms with Gasteiger partial charge in [-0.25, -0.2) is 0 Å². The molecule has 0 aliphatic carbocycles. The van der Waals surface area contributed by atoms with Crippen LogP contribution >= 0.6 is 23.2 Å². The number of rotatable bonds is 6. The molecular weight excluding hydrogens is 419 g/mol. The summed E-state index contributed by atoms with van der Waals surface area (Å²) in [5.41, 5.74) is 0.468. The molecule has 0 radical (unpaired) electrons. The minimum Gasteiger partial charge on any atom is -0.493 e. The number of nitro benzene ring substituents is 1. The quantitative estimate of drug-likeness (QED) is 0.383. The fraction of sp³-hybridized carbons (Fsp3) is 0.0500. The Kier molecular flexibility index (Phi) is 6.21. The summed E-state index contributed by atoms with van der Waals surface area (Å²) in [5, 5.41) is 14.6. The molecule has 0 unspecified atom stereocenters. The number of ether oxygens (including phenoxy) is 2. The van der Waals surface area contributed by atoms with Crippen LogP contribution in [0.1, 0.15) is 10.4 Å². The summed E-state index contributed by atoms with van der Waals surface area (Å²) in [6.07, 6.45) is 0. The number of para-hydroxylation sites is 1. The van der Waals surface area contributed by atoms with E-state index in [2.05, 4.69) is 5.32 Å². The normalized spacial score (nSPS) is 10.3. The van der Waals surface area contributed by atoms with Crippen molar-refractivity contribution in [2.24, 2.45) is 0 Å². The second kappa shape index (κ2) is 8.81. The summed E-state index contributed by atoms with van der Waals surface area (Å²) in [6, 6.07) is 15.3. The molecule has 3 aromatic rings. The van der Waals surface area contributed by atoms with E-state index in [1.807, 2.05) is 0 Å². The third kappa shape index (κ3) is 4.77. The van der Waals surface area contributed by atoms with E-state index in [1.54, 1.807) is 24.3 Å². The van der Waals surface area contributed by atoms with Crippen molar-refractivity contribution in [3.8, 4) is 17.2 Å². The number of hydrogen-bond acceptors (Lipinski definition) is 5. The highest BCUT2D eigenvalue weighted by Crippen LogP contribution is 2.38. The fourth-order valence-corrected chi connectivity index (χ4v) is 2.84. The van der Waals surface area contributed by atoms with E-state index in [0.29, 0.717) is 16.3 Å². The van der Waals surface area contributed by atoms with Crippen molar-refractivity contribution in [2.45, 2.75) is 0 Å². The molecule has 148 valence electrons. The van der Waals surface area contributed by atoms with Crippen molar-refractivity contribution in [3.05, 3.63) is 86.4 Å². The Morgan fingerprint density at radius 1 is 1.00 bits per heavy atom. The highest BCUT2D eigenvalue weighted by molar-refractivity contribution is 6.34. The summed E-state index contributed by atoms with van der Waals surface area (Å²) >= 11 is 11.9. The zero-order valence-corrected chi connectivity index (χ0v) is 16.5. The number of hydrogen-bond donors (Lipinski definition) is 1. The summed E-state index contributed by atoms with van der Waals surface area (Å²) in [4.78, 5) is 23.2. The van der Waals surface area contributed by atoms with Crippen LogP contribution in [-0.2, 0) is 0 Å². The van der Waals surface area contributed by atoms with Crippen LogP contribution in [0.2, 0.25) is 10.0 Å². The average Bonchev–Trinajstić information content (AvgIpc) is 2.71. The number of nitrogens with one attached hydrogen (secondary N) is 1. The van der Waals surface area contributed by atoms with Gasteiger partial charge in [0.25, 0.3) is 5.91 Å². The Labute approximate surface area is 175 Å². The maximum Gasteiger partial charge on any atom is 0.313 e. The largest absolute Gasteiger partial charge is 0.493 e. The van der Waals surface area contributed by atoms with Gasteiger partial charge >= 0.3 is 5.69 Å². The van der Waals surface area contributed by atoms with Crippen LogP contribution in [0.15, 0.2) is 60.7 Å². The predicted molar refractivity (Wildman–Crippen MR) is 111 cm³/mol. The highest BCUT2D eigenvalue weighted by atomic mass is 35.5. The number of methoxy groups -OCH3 is 1. The molecule has 0 aliphatic rings. The molecule has 29 heavy (non-hydrogen) atoms. The van der Waals surface area contributed by atoms with Crippen molar-refractivity contribution < 1.29 is 19.2 Å². The number of carbonyl (C=O) groups excluding carboxylic acids is 1. The van der Waals surface area contributed by atoms with Crippen LogP contribution in [0.3, 0.4) is 0 Å². The first-order valence-corrected chi connectivity index (χ1v) is 9.00. The van der Waals surface area contributed by atoms with Gasteiger partial charge in [-0.2, -0.15) is 0 Å². The first-order valence-electron chi connectivity index (χ1n) is 8.24. The van der Waals surface area contributed by atoms with E-state index >= 15 is 0 Å². The van der Waals surface area contributed by atoms with Crippen molar-refractivity contribution in [1.29, 1.82) is 0 Å². The van der Waals surface area contributed by atoms with Gasteiger partial charge < -0.3 is 14.8 Å². The summed E-state index contributed by atoms with van der Waals surface area (Å²) < 4.78 is 10.9. The van der Waals surface area contributed by atoms with Gasteiger partial charge in [-0.3, -0.25) is 14.9 Å². The molecule has 1 N–H and O–H groups in total. The second-order valence-electron chi connectivity index (χ2n) is 5.77. The monoisotopic (exact) mass is 432 g/mol. The molecular formula is C20H14Cl2N2O5. The van der Waals surface area contributed by atoms with E-state index in [1.165, 1.54) is 43.5 Å². The standard InChI is InChI=1S/C20H14Cl2N2O5/c1-28-19-10-12(20(25)23-15-5-3-2-4-14(15)22)6-8-18(19)29-17-9-7-13(21)11-16(17)24(26)27/h2-11H,1H3,(H,23,25). The third-order valence-corrected chi connectivity index (χ3v) is 4.45. The van der Waals surface area contributed by atoms with Gasteiger partial charge in [0.2, 0.25) is 5.75 Å². The number of anilines is 1. The lowest BCUT2D eigenvalue weighted by Crippen LogP contribution is -2.12. The smallest absolute Gasteiger partial charge is 0.313 e. The summed E-state index contributed by atoms with van der Waals surface area (Å²) in [7, 11) is 1.40. The summed E-state index contributed by atoms with van der Waals surface area (Å²) in [5.74, 6) is 0.0136. The van der Waals surface area contributed by atoms with Gasteiger partial charge in [-0.05, 0) is 42.5 Å².